The van der Waals surface area contributed by atoms with Crippen LogP contribution in [0.15, 0.2) is 22.7 Å². The fourth-order valence-electron chi connectivity index (χ4n) is 1.88. The number of benzene rings is 1. The van der Waals surface area contributed by atoms with E-state index in [1.165, 1.54) is 6.07 Å². The first-order valence-electron chi connectivity index (χ1n) is 6.01. The molecule has 6 heteroatoms. The molecular formula is C13H15BrFN3O. The number of hydrogen-bond donors (Lipinski definition) is 1. The third kappa shape index (κ3) is 3.01. The highest BCUT2D eigenvalue weighted by molar-refractivity contribution is 9.10. The molecule has 0 saturated heterocycles. The van der Waals surface area contributed by atoms with Crippen LogP contribution in [0.4, 0.5) is 4.39 Å². The van der Waals surface area contributed by atoms with Crippen molar-refractivity contribution in [2.75, 3.05) is 0 Å². The van der Waals surface area contributed by atoms with Crippen LogP contribution in [-0.4, -0.2) is 19.9 Å². The van der Waals surface area contributed by atoms with Gasteiger partial charge in [-0.15, -0.1) is 10.2 Å². The maximum absolute atomic E-state index is 14.0. The zero-order valence-corrected chi connectivity index (χ0v) is 12.4. The molecule has 0 aliphatic rings. The van der Waals surface area contributed by atoms with E-state index in [-0.39, 0.29) is 12.4 Å². The first-order valence-corrected chi connectivity index (χ1v) is 6.80. The Balaban J connectivity index is 2.52. The molecule has 2 aromatic rings. The lowest BCUT2D eigenvalue weighted by Crippen LogP contribution is -2.10. The monoisotopic (exact) mass is 327 g/mol. The molecule has 0 atom stereocenters. The molecule has 102 valence electrons. The molecule has 1 N–H and O–H groups in total. The summed E-state index contributed by atoms with van der Waals surface area (Å²) < 4.78 is 16.4. The Bertz CT molecular complexity index is 583. The predicted octanol–water partition coefficient (Wildman–Crippen LogP) is 3.00. The number of rotatable bonds is 4. The van der Waals surface area contributed by atoms with Crippen molar-refractivity contribution in [1.29, 1.82) is 0 Å². The van der Waals surface area contributed by atoms with E-state index in [4.69, 9.17) is 0 Å². The van der Waals surface area contributed by atoms with Crippen LogP contribution in [0.1, 0.15) is 19.7 Å². The average molecular weight is 328 g/mol. The van der Waals surface area contributed by atoms with E-state index in [1.54, 1.807) is 16.7 Å². The third-order valence-corrected chi connectivity index (χ3v) is 3.18. The highest BCUT2D eigenvalue weighted by atomic mass is 79.9. The Hall–Kier alpha value is -1.27. The first-order chi connectivity index (χ1) is 9.02. The third-order valence-electron chi connectivity index (χ3n) is 2.69. The summed E-state index contributed by atoms with van der Waals surface area (Å²) in [7, 11) is 0. The van der Waals surface area contributed by atoms with Gasteiger partial charge in [-0.1, -0.05) is 29.8 Å². The van der Waals surface area contributed by atoms with Crippen LogP contribution in [0.5, 0.6) is 0 Å². The van der Waals surface area contributed by atoms with Gasteiger partial charge in [0.05, 0.1) is 5.56 Å². The van der Waals surface area contributed by atoms with Gasteiger partial charge in [0, 0.05) is 11.0 Å². The van der Waals surface area contributed by atoms with E-state index in [0.717, 1.165) is 0 Å². The summed E-state index contributed by atoms with van der Waals surface area (Å²) in [4.78, 5) is 0. The molecule has 19 heavy (non-hydrogen) atoms. The number of hydrogen-bond acceptors (Lipinski definition) is 3. The number of nitrogens with zero attached hydrogens (tertiary/aromatic N) is 3. The van der Waals surface area contributed by atoms with Gasteiger partial charge in [0.15, 0.2) is 11.6 Å². The lowest BCUT2D eigenvalue weighted by atomic mass is 10.1. The number of aliphatic hydroxyl groups excluding tert-OH is 1. The molecule has 0 saturated carbocycles. The molecule has 0 radical (unpaired) electrons. The molecule has 1 heterocycles. The minimum absolute atomic E-state index is 0.210. The largest absolute Gasteiger partial charge is 0.388 e. The molecule has 0 fully saturated rings. The maximum Gasteiger partial charge on any atom is 0.167 e. The van der Waals surface area contributed by atoms with Gasteiger partial charge < -0.3 is 9.67 Å². The lowest BCUT2D eigenvalue weighted by Gasteiger charge is -2.12. The van der Waals surface area contributed by atoms with Crippen molar-refractivity contribution in [3.8, 4) is 11.4 Å². The normalized spacial score (nSPS) is 11.3. The Morgan fingerprint density at radius 3 is 2.68 bits per heavy atom. The summed E-state index contributed by atoms with van der Waals surface area (Å²) in [6.45, 7) is 4.51. The Morgan fingerprint density at radius 2 is 2.11 bits per heavy atom. The fraction of sp³-hybridized carbons (Fsp3) is 0.385. The predicted molar refractivity (Wildman–Crippen MR) is 73.9 cm³/mol. The molecule has 4 nitrogen and oxygen atoms in total. The van der Waals surface area contributed by atoms with Crippen LogP contribution in [-0.2, 0) is 13.2 Å². The van der Waals surface area contributed by atoms with E-state index >= 15 is 0 Å². The maximum atomic E-state index is 14.0. The Kier molecular flexibility index (Phi) is 4.31. The molecule has 0 unspecified atom stereocenters. The molecule has 0 aliphatic carbocycles. The van der Waals surface area contributed by atoms with Crippen molar-refractivity contribution >= 4 is 15.9 Å². The highest BCUT2D eigenvalue weighted by Gasteiger charge is 2.17. The number of aromatic nitrogens is 3. The van der Waals surface area contributed by atoms with Crippen LogP contribution >= 0.6 is 15.9 Å². The zero-order valence-electron chi connectivity index (χ0n) is 10.8. The van der Waals surface area contributed by atoms with Crippen molar-refractivity contribution in [2.45, 2.75) is 27.0 Å². The van der Waals surface area contributed by atoms with Gasteiger partial charge in [-0.2, -0.15) is 0 Å². The second kappa shape index (κ2) is 5.79. The first kappa shape index (κ1) is 14.1. The van der Waals surface area contributed by atoms with Crippen molar-refractivity contribution < 1.29 is 9.50 Å². The standard InChI is InChI=1S/C13H15BrFN3O/c1-8(2)6-18-12(7-19)16-17-13(18)10-4-3-9(14)5-11(10)15/h3-5,8,19H,6-7H2,1-2H3. The molecule has 0 bridgehead atoms. The fourth-order valence-corrected chi connectivity index (χ4v) is 2.21. The summed E-state index contributed by atoms with van der Waals surface area (Å²) in [5, 5.41) is 17.2. The molecule has 0 amide bonds. The van der Waals surface area contributed by atoms with E-state index < -0.39 is 0 Å². The van der Waals surface area contributed by atoms with Crippen LogP contribution in [0, 0.1) is 11.7 Å². The van der Waals surface area contributed by atoms with Gasteiger partial charge in [0.1, 0.15) is 12.4 Å². The Labute approximate surface area is 119 Å². The van der Waals surface area contributed by atoms with E-state index in [1.807, 2.05) is 13.8 Å². The van der Waals surface area contributed by atoms with Gasteiger partial charge >= 0.3 is 0 Å². The van der Waals surface area contributed by atoms with E-state index in [9.17, 15) is 9.50 Å². The SMILES string of the molecule is CC(C)Cn1c(CO)nnc1-c1ccc(Br)cc1F. The quantitative estimate of drug-likeness (QED) is 0.939. The topological polar surface area (TPSA) is 50.9 Å². The minimum atomic E-state index is -0.365. The smallest absolute Gasteiger partial charge is 0.167 e. The summed E-state index contributed by atoms with van der Waals surface area (Å²) in [6.07, 6.45) is 0. The summed E-state index contributed by atoms with van der Waals surface area (Å²) in [6, 6.07) is 4.80. The second-order valence-electron chi connectivity index (χ2n) is 4.73. The van der Waals surface area contributed by atoms with Crippen molar-refractivity contribution in [2.24, 2.45) is 5.92 Å². The summed E-state index contributed by atoms with van der Waals surface area (Å²) >= 11 is 3.22. The molecule has 0 aliphatic heterocycles. The van der Waals surface area contributed by atoms with Crippen LogP contribution < -0.4 is 0 Å². The lowest BCUT2D eigenvalue weighted by molar-refractivity contribution is 0.262. The van der Waals surface area contributed by atoms with Gasteiger partial charge in [-0.3, -0.25) is 0 Å². The van der Waals surface area contributed by atoms with Crippen LogP contribution in [0.2, 0.25) is 0 Å². The van der Waals surface area contributed by atoms with Gasteiger partial charge in [-0.05, 0) is 24.1 Å². The average Bonchev–Trinajstić information content (AvgIpc) is 2.71. The van der Waals surface area contributed by atoms with E-state index in [0.29, 0.717) is 34.1 Å². The number of aliphatic hydroxyl groups is 1. The number of halogens is 2. The van der Waals surface area contributed by atoms with Crippen molar-refractivity contribution in [1.82, 2.24) is 14.8 Å². The Morgan fingerprint density at radius 1 is 1.37 bits per heavy atom. The van der Waals surface area contributed by atoms with Crippen molar-refractivity contribution in [3.05, 3.63) is 34.3 Å². The van der Waals surface area contributed by atoms with E-state index in [2.05, 4.69) is 26.1 Å². The highest BCUT2D eigenvalue weighted by Crippen LogP contribution is 2.25. The summed E-state index contributed by atoms with van der Waals surface area (Å²) in [5.74, 6) is 0.878. The second-order valence-corrected chi connectivity index (χ2v) is 5.64. The minimum Gasteiger partial charge on any atom is -0.388 e. The molecule has 1 aromatic carbocycles. The van der Waals surface area contributed by atoms with Gasteiger partial charge in [0.2, 0.25) is 0 Å². The van der Waals surface area contributed by atoms with Crippen LogP contribution in [0.25, 0.3) is 11.4 Å². The molecule has 0 spiro atoms. The molecule has 2 rings (SSSR count). The zero-order chi connectivity index (χ0) is 14.0. The van der Waals surface area contributed by atoms with Crippen LogP contribution in [0.3, 0.4) is 0 Å². The molecule has 1 aromatic heterocycles. The van der Waals surface area contributed by atoms with Crippen molar-refractivity contribution in [3.63, 3.8) is 0 Å². The van der Waals surface area contributed by atoms with Gasteiger partial charge in [0.25, 0.3) is 0 Å². The summed E-state index contributed by atoms with van der Waals surface area (Å²) in [5.41, 5.74) is 0.385. The molecular weight excluding hydrogens is 313 g/mol. The van der Waals surface area contributed by atoms with Gasteiger partial charge in [-0.25, -0.2) is 4.39 Å².